The van der Waals surface area contributed by atoms with Gasteiger partial charge in [-0.3, -0.25) is 9.89 Å². The quantitative estimate of drug-likeness (QED) is 0.716. The Hall–Kier alpha value is -3.17. The maximum atomic E-state index is 12.5. The number of amides is 1. The molecule has 2 heterocycles. The largest absolute Gasteiger partial charge is 0.471 e. The zero-order valence-corrected chi connectivity index (χ0v) is 14.7. The van der Waals surface area contributed by atoms with Crippen molar-refractivity contribution in [1.29, 1.82) is 0 Å². The van der Waals surface area contributed by atoms with Gasteiger partial charge in [0, 0.05) is 28.3 Å². The number of hydrogen-bond donors (Lipinski definition) is 2. The molecule has 142 valence electrons. The molecule has 0 unspecified atom stereocenters. The summed E-state index contributed by atoms with van der Waals surface area (Å²) in [5.41, 5.74) is 1.32. The van der Waals surface area contributed by atoms with Crippen LogP contribution >= 0.6 is 0 Å². The first-order chi connectivity index (χ1) is 12.5. The van der Waals surface area contributed by atoms with E-state index < -0.39 is 18.0 Å². The molecule has 1 amide bonds. The standard InChI is InChI=1S/C17H16F3N5O2/c1-16(2,3)11-8-12(24-23-11)21-14(26)10-6-4-9(5-7-10)13-22-15(27-25-13)17(18,19)20/h4-8H,1-3H3,(H2,21,23,24,26). The zero-order chi connectivity index (χ0) is 19.8. The van der Waals surface area contributed by atoms with Crippen molar-refractivity contribution in [3.05, 3.63) is 47.5 Å². The fourth-order valence-corrected chi connectivity index (χ4v) is 2.19. The highest BCUT2D eigenvalue weighted by Gasteiger charge is 2.38. The van der Waals surface area contributed by atoms with E-state index >= 15 is 0 Å². The van der Waals surface area contributed by atoms with E-state index in [9.17, 15) is 18.0 Å². The first-order valence-corrected chi connectivity index (χ1v) is 7.92. The Kier molecular flexibility index (Phi) is 4.50. The van der Waals surface area contributed by atoms with E-state index in [2.05, 4.69) is 30.2 Å². The van der Waals surface area contributed by atoms with Crippen LogP contribution in [0.15, 0.2) is 34.9 Å². The monoisotopic (exact) mass is 379 g/mol. The molecule has 0 aliphatic rings. The molecule has 0 saturated heterocycles. The van der Waals surface area contributed by atoms with Gasteiger partial charge in [-0.1, -0.05) is 38.1 Å². The first kappa shape index (κ1) is 18.6. The van der Waals surface area contributed by atoms with Crippen LogP contribution in [0.1, 0.15) is 42.7 Å². The lowest BCUT2D eigenvalue weighted by atomic mass is 9.92. The van der Waals surface area contributed by atoms with E-state index in [-0.39, 0.29) is 11.2 Å². The molecule has 2 aromatic heterocycles. The molecule has 7 nitrogen and oxygen atoms in total. The van der Waals surface area contributed by atoms with Gasteiger partial charge in [0.15, 0.2) is 5.82 Å². The molecule has 0 aliphatic carbocycles. The Bertz CT molecular complexity index is 952. The van der Waals surface area contributed by atoms with Crippen LogP contribution in [0.3, 0.4) is 0 Å². The molecule has 3 aromatic rings. The van der Waals surface area contributed by atoms with Crippen molar-refractivity contribution in [2.24, 2.45) is 0 Å². The van der Waals surface area contributed by atoms with Gasteiger partial charge < -0.3 is 9.84 Å². The number of nitrogens with one attached hydrogen (secondary N) is 2. The number of H-pyrrole nitrogens is 1. The topological polar surface area (TPSA) is 96.7 Å². The Balaban J connectivity index is 1.72. The van der Waals surface area contributed by atoms with Gasteiger partial charge in [-0.05, 0) is 12.1 Å². The fourth-order valence-electron chi connectivity index (χ4n) is 2.19. The lowest BCUT2D eigenvalue weighted by molar-refractivity contribution is -0.159. The number of anilines is 1. The number of nitrogens with zero attached hydrogens (tertiary/aromatic N) is 3. The molecule has 27 heavy (non-hydrogen) atoms. The number of alkyl halides is 3. The Labute approximate surface area is 152 Å². The number of hydrogen-bond acceptors (Lipinski definition) is 5. The van der Waals surface area contributed by atoms with Crippen LogP contribution in [0.2, 0.25) is 0 Å². The van der Waals surface area contributed by atoms with Gasteiger partial charge in [0.1, 0.15) is 0 Å². The Morgan fingerprint density at radius 1 is 1.15 bits per heavy atom. The Morgan fingerprint density at radius 2 is 1.81 bits per heavy atom. The molecule has 10 heteroatoms. The van der Waals surface area contributed by atoms with Crippen molar-refractivity contribution in [2.75, 3.05) is 5.32 Å². The van der Waals surface area contributed by atoms with Crippen LogP contribution in [0, 0.1) is 0 Å². The summed E-state index contributed by atoms with van der Waals surface area (Å²) in [6.07, 6.45) is -4.71. The summed E-state index contributed by atoms with van der Waals surface area (Å²) in [5.74, 6) is -1.66. The SMILES string of the molecule is CC(C)(C)c1cc(NC(=O)c2ccc(-c3noc(C(F)(F)F)n3)cc2)n[nH]1. The second-order valence-electron chi connectivity index (χ2n) is 6.87. The number of carbonyl (C=O) groups excluding carboxylic acids is 1. The molecule has 0 spiro atoms. The molecule has 0 atom stereocenters. The minimum absolute atomic E-state index is 0.141. The zero-order valence-electron chi connectivity index (χ0n) is 14.7. The number of halogens is 3. The number of benzene rings is 1. The van der Waals surface area contributed by atoms with E-state index in [1.165, 1.54) is 24.3 Å². The third kappa shape index (κ3) is 4.15. The molecule has 3 rings (SSSR count). The van der Waals surface area contributed by atoms with Crippen LogP contribution in [0.25, 0.3) is 11.4 Å². The molecule has 0 aliphatic heterocycles. The molecule has 0 bridgehead atoms. The summed E-state index contributed by atoms with van der Waals surface area (Å²) in [6.45, 7) is 6.02. The van der Waals surface area contributed by atoms with Crippen LogP contribution in [-0.4, -0.2) is 26.2 Å². The maximum Gasteiger partial charge on any atom is 0.471 e. The number of carbonyl (C=O) groups is 1. The molecular weight excluding hydrogens is 363 g/mol. The summed E-state index contributed by atoms with van der Waals surface area (Å²) >= 11 is 0. The number of aromatic amines is 1. The van der Waals surface area contributed by atoms with Crippen molar-refractivity contribution in [3.63, 3.8) is 0 Å². The number of rotatable bonds is 3. The first-order valence-electron chi connectivity index (χ1n) is 7.92. The highest BCUT2D eigenvalue weighted by Crippen LogP contribution is 2.29. The van der Waals surface area contributed by atoms with Gasteiger partial charge in [-0.2, -0.15) is 23.3 Å². The van der Waals surface area contributed by atoms with Crippen molar-refractivity contribution in [3.8, 4) is 11.4 Å². The summed E-state index contributed by atoms with van der Waals surface area (Å²) < 4.78 is 41.7. The maximum absolute atomic E-state index is 12.5. The lowest BCUT2D eigenvalue weighted by Gasteiger charge is -2.14. The highest BCUT2D eigenvalue weighted by molar-refractivity contribution is 6.04. The molecule has 2 N–H and O–H groups in total. The van der Waals surface area contributed by atoms with Gasteiger partial charge in [-0.15, -0.1) is 0 Å². The normalized spacial score (nSPS) is 12.2. The van der Waals surface area contributed by atoms with Crippen LogP contribution in [0.4, 0.5) is 19.0 Å². The lowest BCUT2D eigenvalue weighted by Crippen LogP contribution is -2.12. The van der Waals surface area contributed by atoms with Gasteiger partial charge in [-0.25, -0.2) is 0 Å². The number of aromatic nitrogens is 4. The molecule has 1 aromatic carbocycles. The van der Waals surface area contributed by atoms with E-state index in [4.69, 9.17) is 0 Å². The predicted octanol–water partition coefficient (Wildman–Crippen LogP) is 4.03. The van der Waals surface area contributed by atoms with Crippen LogP contribution in [-0.2, 0) is 11.6 Å². The minimum Gasteiger partial charge on any atom is -0.329 e. The predicted molar refractivity (Wildman–Crippen MR) is 90.0 cm³/mol. The minimum atomic E-state index is -4.71. The summed E-state index contributed by atoms with van der Waals surface area (Å²) in [4.78, 5) is 15.6. The Morgan fingerprint density at radius 3 is 2.33 bits per heavy atom. The summed E-state index contributed by atoms with van der Waals surface area (Å²) in [6, 6.07) is 7.51. The van der Waals surface area contributed by atoms with E-state index in [0.717, 1.165) is 5.69 Å². The van der Waals surface area contributed by atoms with Gasteiger partial charge >= 0.3 is 12.1 Å². The van der Waals surface area contributed by atoms with Crippen molar-refractivity contribution in [1.82, 2.24) is 20.3 Å². The molecule has 0 radical (unpaired) electrons. The smallest absolute Gasteiger partial charge is 0.329 e. The second kappa shape index (κ2) is 6.53. The molecule has 0 saturated carbocycles. The van der Waals surface area contributed by atoms with Crippen LogP contribution < -0.4 is 5.32 Å². The third-order valence-corrected chi connectivity index (χ3v) is 3.70. The average molecular weight is 379 g/mol. The van der Waals surface area contributed by atoms with Crippen molar-refractivity contribution in [2.45, 2.75) is 32.4 Å². The second-order valence-corrected chi connectivity index (χ2v) is 6.87. The van der Waals surface area contributed by atoms with Gasteiger partial charge in [0.25, 0.3) is 5.91 Å². The van der Waals surface area contributed by atoms with E-state index in [1.807, 2.05) is 20.8 Å². The van der Waals surface area contributed by atoms with Gasteiger partial charge in [0.2, 0.25) is 5.82 Å². The average Bonchev–Trinajstić information content (AvgIpc) is 3.23. The fraction of sp³-hybridized carbons (Fsp3) is 0.294. The van der Waals surface area contributed by atoms with Crippen LogP contribution in [0.5, 0.6) is 0 Å². The van der Waals surface area contributed by atoms with E-state index in [0.29, 0.717) is 16.9 Å². The molecule has 0 fully saturated rings. The third-order valence-electron chi connectivity index (χ3n) is 3.70. The van der Waals surface area contributed by atoms with Gasteiger partial charge in [0.05, 0.1) is 0 Å². The van der Waals surface area contributed by atoms with E-state index in [1.54, 1.807) is 6.07 Å². The summed E-state index contributed by atoms with van der Waals surface area (Å²) in [7, 11) is 0. The highest BCUT2D eigenvalue weighted by atomic mass is 19.4. The molecular formula is C17H16F3N5O2. The van der Waals surface area contributed by atoms with Crippen molar-refractivity contribution >= 4 is 11.7 Å². The van der Waals surface area contributed by atoms with Crippen molar-refractivity contribution < 1.29 is 22.5 Å². The summed E-state index contributed by atoms with van der Waals surface area (Å²) in [5, 5.41) is 12.9.